The third-order valence-corrected chi connectivity index (χ3v) is 6.39. The molecule has 2 fully saturated rings. The number of ether oxygens (including phenoxy) is 1. The van der Waals surface area contributed by atoms with Crippen LogP contribution in [0.25, 0.3) is 0 Å². The van der Waals surface area contributed by atoms with Gasteiger partial charge in [-0.1, -0.05) is 13.3 Å². The highest BCUT2D eigenvalue weighted by molar-refractivity contribution is 7.99. The molecule has 4 N–H and O–H groups in total. The number of nitrogens with zero attached hydrogens (tertiary/aromatic N) is 1. The maximum absolute atomic E-state index is 12.8. The zero-order valence-electron chi connectivity index (χ0n) is 16.4. The topological polar surface area (TPSA) is 119 Å². The summed E-state index contributed by atoms with van der Waals surface area (Å²) in [6.07, 6.45) is -0.808. The first-order valence-electron chi connectivity index (χ1n) is 9.44. The first kappa shape index (κ1) is 22.6. The monoisotopic (exact) mass is 404 g/mol. The van der Waals surface area contributed by atoms with Crippen LogP contribution in [0.1, 0.15) is 33.1 Å². The largest absolute Gasteiger partial charge is 0.387 e. The van der Waals surface area contributed by atoms with Gasteiger partial charge in [-0.15, -0.1) is 11.8 Å². The van der Waals surface area contributed by atoms with Gasteiger partial charge in [-0.2, -0.15) is 0 Å². The number of nitrogens with one attached hydrogen (secondary N) is 1. The van der Waals surface area contributed by atoms with Crippen molar-refractivity contribution in [3.63, 3.8) is 0 Å². The average molecular weight is 405 g/mol. The summed E-state index contributed by atoms with van der Waals surface area (Å²) >= 11 is 1.17. The number of aliphatic hydroxyl groups is 3. The fourth-order valence-electron chi connectivity index (χ4n) is 4.04. The minimum absolute atomic E-state index is 0.284. The Bertz CT molecular complexity index is 534. The highest BCUT2D eigenvalue weighted by atomic mass is 32.2. The maximum Gasteiger partial charge on any atom is 0.238 e. The summed E-state index contributed by atoms with van der Waals surface area (Å²) in [6.45, 7) is 4.26. The number of ketones is 1. The summed E-state index contributed by atoms with van der Waals surface area (Å²) in [5.41, 5.74) is -0.796. The van der Waals surface area contributed by atoms with Gasteiger partial charge in [-0.3, -0.25) is 14.5 Å². The predicted octanol–water partition coefficient (Wildman–Crippen LogP) is -0.649. The van der Waals surface area contributed by atoms with Crippen molar-refractivity contribution in [2.75, 3.05) is 19.8 Å². The van der Waals surface area contributed by atoms with Crippen molar-refractivity contribution in [1.29, 1.82) is 0 Å². The minimum atomic E-state index is -1.48. The molecule has 2 rings (SSSR count). The number of carbonyl (C=O) groups excluding carboxylic acids is 2. The molecular formula is C18H32N2O6S. The van der Waals surface area contributed by atoms with E-state index in [1.54, 1.807) is 6.26 Å². The molecule has 9 heteroatoms. The molecule has 2 saturated heterocycles. The first-order valence-corrected chi connectivity index (χ1v) is 10.7. The van der Waals surface area contributed by atoms with E-state index in [0.29, 0.717) is 5.92 Å². The Labute approximate surface area is 164 Å². The third-order valence-electron chi connectivity index (χ3n) is 5.54. The van der Waals surface area contributed by atoms with Crippen molar-refractivity contribution < 1.29 is 29.6 Å². The molecule has 27 heavy (non-hydrogen) atoms. The Morgan fingerprint density at radius 3 is 2.48 bits per heavy atom. The summed E-state index contributed by atoms with van der Waals surface area (Å²) < 4.78 is 5.66. The van der Waals surface area contributed by atoms with Gasteiger partial charge in [0, 0.05) is 6.54 Å². The Hall–Kier alpha value is -0.710. The van der Waals surface area contributed by atoms with Crippen LogP contribution in [0.3, 0.4) is 0 Å². The molecule has 156 valence electrons. The lowest BCUT2D eigenvalue weighted by Crippen LogP contribution is -2.65. The van der Waals surface area contributed by atoms with Gasteiger partial charge >= 0.3 is 0 Å². The van der Waals surface area contributed by atoms with Gasteiger partial charge < -0.3 is 25.4 Å². The second-order valence-electron chi connectivity index (χ2n) is 7.62. The molecule has 0 aliphatic carbocycles. The van der Waals surface area contributed by atoms with Crippen LogP contribution >= 0.6 is 11.8 Å². The summed E-state index contributed by atoms with van der Waals surface area (Å²) in [6, 6.07) is -1.43. The molecule has 2 aliphatic rings. The van der Waals surface area contributed by atoms with Crippen LogP contribution in [0, 0.1) is 5.92 Å². The lowest BCUT2D eigenvalue weighted by atomic mass is 9.92. The highest BCUT2D eigenvalue weighted by Gasteiger charge is 2.48. The number of Topliss-reactive ketones (excluding diaryl/α,β-unsaturated/α-hetero) is 1. The molecule has 0 aromatic carbocycles. The summed E-state index contributed by atoms with van der Waals surface area (Å²) in [7, 11) is 1.89. The molecule has 8 nitrogen and oxygen atoms in total. The fourth-order valence-corrected chi connectivity index (χ4v) is 4.72. The third kappa shape index (κ3) is 5.02. The van der Waals surface area contributed by atoms with Crippen LogP contribution in [-0.2, 0) is 14.3 Å². The summed E-state index contributed by atoms with van der Waals surface area (Å²) in [5.74, 6) is -0.212. The van der Waals surface area contributed by atoms with Gasteiger partial charge in [0.05, 0.1) is 6.04 Å². The first-order chi connectivity index (χ1) is 12.7. The second kappa shape index (κ2) is 9.67. The molecule has 8 atom stereocenters. The van der Waals surface area contributed by atoms with Crippen LogP contribution in [-0.4, -0.2) is 93.7 Å². The number of hydrogen-bond donors (Lipinski definition) is 4. The van der Waals surface area contributed by atoms with Gasteiger partial charge in [0.1, 0.15) is 35.9 Å². The molecule has 1 amide bonds. The maximum atomic E-state index is 12.8. The van der Waals surface area contributed by atoms with Crippen molar-refractivity contribution >= 4 is 23.5 Å². The SMILES string of the molecule is CCC[C@@H]1C[C@@H](C(=O)N[C@H](C(C)=O)[C@H]2O[C@H](SC)[C@H](O)[C@@H](O)[C@H]2O)N(C)C1. The van der Waals surface area contributed by atoms with E-state index in [4.69, 9.17) is 4.74 Å². The molecule has 2 heterocycles. The fraction of sp³-hybridized carbons (Fsp3) is 0.889. The average Bonchev–Trinajstić information content (AvgIpc) is 2.99. The van der Waals surface area contributed by atoms with Crippen molar-refractivity contribution in [2.24, 2.45) is 5.92 Å². The molecule has 0 saturated carbocycles. The lowest BCUT2D eigenvalue weighted by Gasteiger charge is -2.42. The van der Waals surface area contributed by atoms with E-state index in [2.05, 4.69) is 12.2 Å². The number of likely N-dealkylation sites (tertiary alicyclic amines) is 1. The van der Waals surface area contributed by atoms with E-state index in [0.717, 1.165) is 25.8 Å². The van der Waals surface area contributed by atoms with E-state index in [1.165, 1.54) is 18.7 Å². The number of amides is 1. The molecular weight excluding hydrogens is 372 g/mol. The Balaban J connectivity index is 2.11. The Morgan fingerprint density at radius 1 is 1.26 bits per heavy atom. The number of hydrogen-bond acceptors (Lipinski definition) is 8. The number of rotatable bonds is 7. The van der Waals surface area contributed by atoms with Gasteiger partial charge in [-0.25, -0.2) is 0 Å². The van der Waals surface area contributed by atoms with Crippen LogP contribution in [0.15, 0.2) is 0 Å². The van der Waals surface area contributed by atoms with Crippen LogP contribution in [0.4, 0.5) is 0 Å². The molecule has 0 spiro atoms. The van der Waals surface area contributed by atoms with E-state index in [1.807, 2.05) is 11.9 Å². The van der Waals surface area contributed by atoms with Gasteiger partial charge in [0.2, 0.25) is 5.91 Å². The quantitative estimate of drug-likeness (QED) is 0.442. The van der Waals surface area contributed by atoms with Crippen LogP contribution < -0.4 is 5.32 Å². The lowest BCUT2D eigenvalue weighted by molar-refractivity contribution is -0.205. The molecule has 0 aromatic rings. The highest BCUT2D eigenvalue weighted by Crippen LogP contribution is 2.30. The molecule has 0 bridgehead atoms. The zero-order valence-corrected chi connectivity index (χ0v) is 17.2. The van der Waals surface area contributed by atoms with Crippen molar-refractivity contribution in [3.05, 3.63) is 0 Å². The normalized spacial score (nSPS) is 38.6. The second-order valence-corrected chi connectivity index (χ2v) is 8.56. The van der Waals surface area contributed by atoms with Crippen molar-refractivity contribution in [1.82, 2.24) is 10.2 Å². The number of thioether (sulfide) groups is 1. The minimum Gasteiger partial charge on any atom is -0.387 e. The van der Waals surface area contributed by atoms with E-state index in [9.17, 15) is 24.9 Å². The van der Waals surface area contributed by atoms with Gasteiger partial charge in [0.15, 0.2) is 5.78 Å². The molecule has 0 aromatic heterocycles. The van der Waals surface area contributed by atoms with E-state index >= 15 is 0 Å². The summed E-state index contributed by atoms with van der Waals surface area (Å²) in [5, 5.41) is 33.1. The van der Waals surface area contributed by atoms with Crippen LogP contribution in [0.2, 0.25) is 0 Å². The number of aliphatic hydroxyl groups excluding tert-OH is 3. The Morgan fingerprint density at radius 2 is 1.93 bits per heavy atom. The predicted molar refractivity (Wildman–Crippen MR) is 102 cm³/mol. The van der Waals surface area contributed by atoms with Crippen molar-refractivity contribution in [2.45, 2.75) is 75.0 Å². The molecule has 2 aliphatic heterocycles. The smallest absolute Gasteiger partial charge is 0.238 e. The molecule has 0 unspecified atom stereocenters. The van der Waals surface area contributed by atoms with Crippen LogP contribution in [0.5, 0.6) is 0 Å². The van der Waals surface area contributed by atoms with E-state index in [-0.39, 0.29) is 17.7 Å². The number of carbonyl (C=O) groups is 2. The van der Waals surface area contributed by atoms with Crippen molar-refractivity contribution in [3.8, 4) is 0 Å². The van der Waals surface area contributed by atoms with Gasteiger partial charge in [0.25, 0.3) is 0 Å². The summed E-state index contributed by atoms with van der Waals surface area (Å²) in [4.78, 5) is 27.0. The van der Waals surface area contributed by atoms with Gasteiger partial charge in [-0.05, 0) is 39.0 Å². The standard InChI is InChI=1S/C18H32N2O6S/c1-5-6-10-7-11(20(3)8-10)17(25)19-12(9(2)21)16-14(23)13(22)15(24)18(26-16)27-4/h10-16,18,22-24H,5-8H2,1-4H3,(H,19,25)/t10-,11+,12-,13+,14-,15-,16-,18-/m1/s1. The molecule has 0 radical (unpaired) electrons. The zero-order chi connectivity index (χ0) is 20.3. The van der Waals surface area contributed by atoms with E-state index < -0.39 is 35.9 Å². The number of likely N-dealkylation sites (N-methyl/N-ethyl adjacent to an activating group) is 1. The Kier molecular flexibility index (Phi) is 8.08.